The molecule has 0 aliphatic rings. The predicted octanol–water partition coefficient (Wildman–Crippen LogP) is 4.65. The maximum Gasteiger partial charge on any atom is 0.293 e. The van der Waals surface area contributed by atoms with E-state index >= 15 is 0 Å². The van der Waals surface area contributed by atoms with Crippen LogP contribution in [0.2, 0.25) is 5.02 Å². The Morgan fingerprint density at radius 3 is 2.70 bits per heavy atom. The van der Waals surface area contributed by atoms with E-state index in [1.165, 1.54) is 0 Å². The van der Waals surface area contributed by atoms with Gasteiger partial charge in [0.2, 0.25) is 5.95 Å². The average Bonchev–Trinajstić information content (AvgIpc) is 3.27. The van der Waals surface area contributed by atoms with E-state index in [1.54, 1.807) is 36.4 Å². The van der Waals surface area contributed by atoms with Crippen molar-refractivity contribution in [3.63, 3.8) is 0 Å². The van der Waals surface area contributed by atoms with Crippen molar-refractivity contribution in [2.75, 3.05) is 5.32 Å². The van der Waals surface area contributed by atoms with Crippen LogP contribution in [0.4, 0.5) is 5.95 Å². The van der Waals surface area contributed by atoms with Crippen LogP contribution >= 0.6 is 11.6 Å². The molecule has 0 unspecified atom stereocenters. The lowest BCUT2D eigenvalue weighted by Crippen LogP contribution is -2.14. The van der Waals surface area contributed by atoms with Crippen LogP contribution < -0.4 is 10.1 Å². The number of aromatic nitrogens is 2. The first-order chi connectivity index (χ1) is 13.1. The number of fused-ring (bicyclic) bond motifs is 1. The summed E-state index contributed by atoms with van der Waals surface area (Å²) in [6.07, 6.45) is 0. The number of hydrogen-bond donors (Lipinski definition) is 1. The Labute approximate surface area is 160 Å². The van der Waals surface area contributed by atoms with Crippen LogP contribution in [0.15, 0.2) is 65.1 Å². The number of imidazole rings is 1. The zero-order valence-corrected chi connectivity index (χ0v) is 15.2. The van der Waals surface area contributed by atoms with E-state index in [1.807, 2.05) is 35.9 Å². The minimum absolute atomic E-state index is 0.191. The van der Waals surface area contributed by atoms with E-state index in [0.29, 0.717) is 22.5 Å². The Bertz CT molecular complexity index is 1100. The first kappa shape index (κ1) is 17.2. The van der Waals surface area contributed by atoms with Crippen molar-refractivity contribution in [2.45, 2.75) is 6.61 Å². The highest BCUT2D eigenvalue weighted by molar-refractivity contribution is 6.30. The molecule has 0 saturated carbocycles. The van der Waals surface area contributed by atoms with E-state index in [2.05, 4.69) is 10.3 Å². The van der Waals surface area contributed by atoms with Crippen molar-refractivity contribution < 1.29 is 13.9 Å². The van der Waals surface area contributed by atoms with Gasteiger partial charge >= 0.3 is 0 Å². The van der Waals surface area contributed by atoms with Gasteiger partial charge in [-0.25, -0.2) is 4.98 Å². The van der Waals surface area contributed by atoms with Crippen molar-refractivity contribution in [3.8, 4) is 5.75 Å². The van der Waals surface area contributed by atoms with Gasteiger partial charge in [-0.1, -0.05) is 23.7 Å². The predicted molar refractivity (Wildman–Crippen MR) is 103 cm³/mol. The monoisotopic (exact) mass is 381 g/mol. The van der Waals surface area contributed by atoms with Gasteiger partial charge in [0.15, 0.2) is 5.76 Å². The molecular weight excluding hydrogens is 366 g/mol. The van der Waals surface area contributed by atoms with Crippen LogP contribution in [-0.2, 0) is 13.7 Å². The fourth-order valence-corrected chi connectivity index (χ4v) is 2.81. The molecule has 0 spiro atoms. The van der Waals surface area contributed by atoms with Crippen molar-refractivity contribution in [3.05, 3.63) is 77.2 Å². The van der Waals surface area contributed by atoms with Gasteiger partial charge < -0.3 is 13.7 Å². The molecule has 6 nitrogen and oxygen atoms in total. The maximum absolute atomic E-state index is 12.5. The Kier molecular flexibility index (Phi) is 4.56. The first-order valence-electron chi connectivity index (χ1n) is 8.30. The molecule has 4 rings (SSSR count). The molecular formula is C20H16ClN3O3. The quantitative estimate of drug-likeness (QED) is 0.546. The summed E-state index contributed by atoms with van der Waals surface area (Å²) in [6, 6.07) is 18.0. The molecule has 0 atom stereocenters. The van der Waals surface area contributed by atoms with Crippen molar-refractivity contribution >= 4 is 34.5 Å². The normalized spacial score (nSPS) is 10.9. The summed E-state index contributed by atoms with van der Waals surface area (Å²) in [4.78, 5) is 16.9. The summed E-state index contributed by atoms with van der Waals surface area (Å²) in [5, 5.41) is 3.41. The molecule has 7 heteroatoms. The molecule has 0 fully saturated rings. The maximum atomic E-state index is 12.5. The van der Waals surface area contributed by atoms with Gasteiger partial charge in [-0.15, -0.1) is 0 Å². The Morgan fingerprint density at radius 1 is 1.15 bits per heavy atom. The number of ether oxygens (including phenoxy) is 1. The number of aryl methyl sites for hydroxylation is 1. The first-order valence-corrected chi connectivity index (χ1v) is 8.68. The summed E-state index contributed by atoms with van der Waals surface area (Å²) in [7, 11) is 1.85. The van der Waals surface area contributed by atoms with E-state index < -0.39 is 0 Å². The minimum Gasteiger partial charge on any atom is -0.486 e. The van der Waals surface area contributed by atoms with Crippen LogP contribution in [-0.4, -0.2) is 15.5 Å². The molecule has 0 aliphatic carbocycles. The Hall–Kier alpha value is -3.25. The lowest BCUT2D eigenvalue weighted by atomic mass is 10.3. The van der Waals surface area contributed by atoms with E-state index in [-0.39, 0.29) is 18.3 Å². The standard InChI is InChI=1S/C20H16ClN3O3/c1-24-17-5-3-2-4-16(17)22-20(24)23-19(25)18-11-10-15(27-18)12-26-14-8-6-13(21)7-9-14/h2-11H,12H2,1H3,(H,22,23,25). The summed E-state index contributed by atoms with van der Waals surface area (Å²) >= 11 is 5.85. The van der Waals surface area contributed by atoms with Gasteiger partial charge in [-0.2, -0.15) is 0 Å². The summed E-state index contributed by atoms with van der Waals surface area (Å²) in [6.45, 7) is 0.210. The number of nitrogens with zero attached hydrogens (tertiary/aromatic N) is 2. The largest absolute Gasteiger partial charge is 0.486 e. The number of carbonyl (C=O) groups excluding carboxylic acids is 1. The van der Waals surface area contributed by atoms with E-state index in [9.17, 15) is 4.79 Å². The Balaban J connectivity index is 1.43. The number of furan rings is 1. The number of hydrogen-bond acceptors (Lipinski definition) is 4. The molecule has 0 radical (unpaired) electrons. The molecule has 1 amide bonds. The summed E-state index contributed by atoms with van der Waals surface area (Å²) in [5.74, 6) is 1.49. The van der Waals surface area contributed by atoms with Gasteiger partial charge in [0, 0.05) is 12.1 Å². The van der Waals surface area contributed by atoms with E-state index in [4.69, 9.17) is 20.8 Å². The fourth-order valence-electron chi connectivity index (χ4n) is 2.68. The van der Waals surface area contributed by atoms with E-state index in [0.717, 1.165) is 11.0 Å². The number of halogens is 1. The molecule has 2 aromatic carbocycles. The topological polar surface area (TPSA) is 69.3 Å². The van der Waals surface area contributed by atoms with Gasteiger partial charge in [0.1, 0.15) is 18.1 Å². The zero-order valence-electron chi connectivity index (χ0n) is 14.5. The molecule has 4 aromatic rings. The summed E-state index contributed by atoms with van der Waals surface area (Å²) in [5.41, 5.74) is 1.75. The molecule has 136 valence electrons. The van der Waals surface area contributed by atoms with Crippen molar-refractivity contribution in [2.24, 2.45) is 7.05 Å². The number of amides is 1. The molecule has 27 heavy (non-hydrogen) atoms. The molecule has 0 bridgehead atoms. The highest BCUT2D eigenvalue weighted by Crippen LogP contribution is 2.20. The van der Waals surface area contributed by atoms with Crippen LogP contribution in [0.1, 0.15) is 16.3 Å². The third-order valence-corrected chi connectivity index (χ3v) is 4.34. The zero-order chi connectivity index (χ0) is 18.8. The van der Waals surface area contributed by atoms with Gasteiger partial charge in [0.25, 0.3) is 5.91 Å². The molecule has 2 heterocycles. The second-order valence-corrected chi connectivity index (χ2v) is 6.38. The number of anilines is 1. The molecule has 0 aliphatic heterocycles. The smallest absolute Gasteiger partial charge is 0.293 e. The second kappa shape index (κ2) is 7.17. The minimum atomic E-state index is -0.369. The van der Waals surface area contributed by atoms with Crippen molar-refractivity contribution in [1.29, 1.82) is 0 Å². The van der Waals surface area contributed by atoms with Gasteiger partial charge in [-0.3, -0.25) is 10.1 Å². The average molecular weight is 382 g/mol. The lowest BCUT2D eigenvalue weighted by Gasteiger charge is -2.04. The number of benzene rings is 2. The van der Waals surface area contributed by atoms with Gasteiger partial charge in [0.05, 0.1) is 11.0 Å². The number of carbonyl (C=O) groups is 1. The molecule has 1 N–H and O–H groups in total. The third kappa shape index (κ3) is 3.66. The number of nitrogens with one attached hydrogen (secondary N) is 1. The van der Waals surface area contributed by atoms with Gasteiger partial charge in [-0.05, 0) is 48.5 Å². The van der Waals surface area contributed by atoms with Crippen LogP contribution in [0.3, 0.4) is 0 Å². The highest BCUT2D eigenvalue weighted by Gasteiger charge is 2.15. The third-order valence-electron chi connectivity index (χ3n) is 4.09. The second-order valence-electron chi connectivity index (χ2n) is 5.95. The molecule has 0 saturated heterocycles. The lowest BCUT2D eigenvalue weighted by molar-refractivity contribution is 0.0991. The molecule has 2 aromatic heterocycles. The summed E-state index contributed by atoms with van der Waals surface area (Å²) < 4.78 is 13.0. The highest BCUT2D eigenvalue weighted by atomic mass is 35.5. The fraction of sp³-hybridized carbons (Fsp3) is 0.100. The Morgan fingerprint density at radius 2 is 1.93 bits per heavy atom. The van der Waals surface area contributed by atoms with Crippen LogP contribution in [0.5, 0.6) is 5.75 Å². The van der Waals surface area contributed by atoms with Crippen molar-refractivity contribution in [1.82, 2.24) is 9.55 Å². The van der Waals surface area contributed by atoms with Crippen LogP contribution in [0, 0.1) is 0 Å². The van der Waals surface area contributed by atoms with Crippen LogP contribution in [0.25, 0.3) is 11.0 Å². The number of rotatable bonds is 5. The SMILES string of the molecule is Cn1c(NC(=O)c2ccc(COc3ccc(Cl)cc3)o2)nc2ccccc21. The number of para-hydroxylation sites is 2.